The van der Waals surface area contributed by atoms with Gasteiger partial charge in [-0.25, -0.2) is 0 Å². The third-order valence-electron chi connectivity index (χ3n) is 3.79. The molecule has 20 heavy (non-hydrogen) atoms. The Morgan fingerprint density at radius 3 is 2.70 bits per heavy atom. The van der Waals surface area contributed by atoms with E-state index in [9.17, 15) is 4.79 Å². The largest absolute Gasteiger partial charge is 0.490 e. The third-order valence-corrected chi connectivity index (χ3v) is 3.79. The van der Waals surface area contributed by atoms with Crippen molar-refractivity contribution < 1.29 is 9.53 Å². The highest BCUT2D eigenvalue weighted by molar-refractivity contribution is 5.81. The summed E-state index contributed by atoms with van der Waals surface area (Å²) in [7, 11) is 0. The highest BCUT2D eigenvalue weighted by Crippen LogP contribution is 2.27. The van der Waals surface area contributed by atoms with Gasteiger partial charge in [-0.1, -0.05) is 32.0 Å². The average Bonchev–Trinajstić information content (AvgIpc) is 2.40. The molecule has 4 heteroatoms. The van der Waals surface area contributed by atoms with Crippen LogP contribution in [0.25, 0.3) is 0 Å². The van der Waals surface area contributed by atoms with Gasteiger partial charge in [0.05, 0.1) is 12.1 Å². The van der Waals surface area contributed by atoms with Crippen LogP contribution in [0.1, 0.15) is 38.7 Å². The van der Waals surface area contributed by atoms with Crippen molar-refractivity contribution in [3.8, 4) is 5.75 Å². The molecule has 0 aliphatic heterocycles. The molecule has 1 amide bonds. The summed E-state index contributed by atoms with van der Waals surface area (Å²) < 4.78 is 5.94. The van der Waals surface area contributed by atoms with E-state index in [4.69, 9.17) is 10.5 Å². The Kier molecular flexibility index (Phi) is 5.01. The minimum atomic E-state index is -0.463. The van der Waals surface area contributed by atoms with Crippen molar-refractivity contribution in [1.29, 1.82) is 0 Å². The van der Waals surface area contributed by atoms with Crippen LogP contribution < -0.4 is 15.8 Å². The van der Waals surface area contributed by atoms with Crippen molar-refractivity contribution in [2.75, 3.05) is 0 Å². The molecule has 0 spiro atoms. The SMILES string of the molecule is CC(C)[C@H](N)C(=O)NCc1ccccc1OC1CCC1. The fourth-order valence-corrected chi connectivity index (χ4v) is 2.04. The predicted octanol–water partition coefficient (Wildman–Crippen LogP) is 2.22. The Balaban J connectivity index is 1.93. The maximum absolute atomic E-state index is 11.9. The highest BCUT2D eigenvalue weighted by Gasteiger charge is 2.21. The molecule has 110 valence electrons. The lowest BCUT2D eigenvalue weighted by Crippen LogP contribution is -2.43. The molecule has 1 aliphatic carbocycles. The second-order valence-corrected chi connectivity index (χ2v) is 5.77. The van der Waals surface area contributed by atoms with Gasteiger partial charge in [-0.2, -0.15) is 0 Å². The number of hydrogen-bond acceptors (Lipinski definition) is 3. The van der Waals surface area contributed by atoms with Crippen LogP contribution in [-0.4, -0.2) is 18.1 Å². The van der Waals surface area contributed by atoms with Gasteiger partial charge in [-0.3, -0.25) is 4.79 Å². The molecule has 1 aromatic carbocycles. The minimum absolute atomic E-state index is 0.113. The van der Waals surface area contributed by atoms with Crippen LogP contribution in [0, 0.1) is 5.92 Å². The number of benzene rings is 1. The third kappa shape index (κ3) is 3.73. The summed E-state index contributed by atoms with van der Waals surface area (Å²) >= 11 is 0. The van der Waals surface area contributed by atoms with Crippen molar-refractivity contribution in [2.24, 2.45) is 11.7 Å². The molecule has 0 heterocycles. The van der Waals surface area contributed by atoms with Gasteiger partial charge < -0.3 is 15.8 Å². The number of carbonyl (C=O) groups is 1. The van der Waals surface area contributed by atoms with E-state index < -0.39 is 6.04 Å². The van der Waals surface area contributed by atoms with Gasteiger partial charge >= 0.3 is 0 Å². The molecule has 4 nitrogen and oxygen atoms in total. The predicted molar refractivity (Wildman–Crippen MR) is 79.4 cm³/mol. The Hall–Kier alpha value is -1.55. The van der Waals surface area contributed by atoms with Gasteiger partial charge in [-0.05, 0) is 31.2 Å². The van der Waals surface area contributed by atoms with Gasteiger partial charge in [-0.15, -0.1) is 0 Å². The van der Waals surface area contributed by atoms with Crippen LogP contribution in [0.4, 0.5) is 0 Å². The van der Waals surface area contributed by atoms with Crippen LogP contribution in [0.2, 0.25) is 0 Å². The van der Waals surface area contributed by atoms with E-state index in [1.54, 1.807) is 0 Å². The van der Waals surface area contributed by atoms with E-state index in [0.717, 1.165) is 24.2 Å². The number of hydrogen-bond donors (Lipinski definition) is 2. The Morgan fingerprint density at radius 2 is 2.10 bits per heavy atom. The minimum Gasteiger partial charge on any atom is -0.490 e. The lowest BCUT2D eigenvalue weighted by atomic mass is 9.96. The molecule has 0 radical (unpaired) electrons. The first-order chi connectivity index (χ1) is 9.58. The second-order valence-electron chi connectivity index (χ2n) is 5.77. The number of ether oxygens (including phenoxy) is 1. The van der Waals surface area contributed by atoms with E-state index in [2.05, 4.69) is 5.32 Å². The molecule has 2 rings (SSSR count). The van der Waals surface area contributed by atoms with Crippen LogP contribution in [0.15, 0.2) is 24.3 Å². The molecule has 1 aromatic rings. The number of nitrogens with two attached hydrogens (primary N) is 1. The van der Waals surface area contributed by atoms with Crippen molar-refractivity contribution >= 4 is 5.91 Å². The summed E-state index contributed by atoms with van der Waals surface area (Å²) in [6.45, 7) is 4.35. The zero-order valence-corrected chi connectivity index (χ0v) is 12.3. The molecule has 0 saturated heterocycles. The van der Waals surface area contributed by atoms with E-state index in [0.29, 0.717) is 12.6 Å². The molecule has 0 bridgehead atoms. The quantitative estimate of drug-likeness (QED) is 0.837. The molecule has 1 atom stereocenters. The van der Waals surface area contributed by atoms with Crippen molar-refractivity contribution in [3.63, 3.8) is 0 Å². The van der Waals surface area contributed by atoms with Gasteiger partial charge in [0.1, 0.15) is 5.75 Å². The first-order valence-electron chi connectivity index (χ1n) is 7.35. The summed E-state index contributed by atoms with van der Waals surface area (Å²) in [4.78, 5) is 11.9. The number of amides is 1. The van der Waals surface area contributed by atoms with Gasteiger partial charge in [0.2, 0.25) is 5.91 Å². The van der Waals surface area contributed by atoms with Gasteiger partial charge in [0, 0.05) is 12.1 Å². The van der Waals surface area contributed by atoms with Crippen LogP contribution in [-0.2, 0) is 11.3 Å². The monoisotopic (exact) mass is 276 g/mol. The zero-order chi connectivity index (χ0) is 14.5. The first-order valence-corrected chi connectivity index (χ1v) is 7.35. The maximum Gasteiger partial charge on any atom is 0.237 e. The number of rotatable bonds is 6. The second kappa shape index (κ2) is 6.75. The van der Waals surface area contributed by atoms with E-state index in [-0.39, 0.29) is 11.8 Å². The van der Waals surface area contributed by atoms with Crippen LogP contribution >= 0.6 is 0 Å². The molecular weight excluding hydrogens is 252 g/mol. The normalized spacial score (nSPS) is 16.6. The van der Waals surface area contributed by atoms with E-state index >= 15 is 0 Å². The summed E-state index contributed by atoms with van der Waals surface area (Å²) in [5, 5.41) is 2.89. The molecule has 0 aromatic heterocycles. The smallest absolute Gasteiger partial charge is 0.237 e. The van der Waals surface area contributed by atoms with Crippen molar-refractivity contribution in [2.45, 2.75) is 51.8 Å². The molecular formula is C16H24N2O2. The maximum atomic E-state index is 11.9. The van der Waals surface area contributed by atoms with Crippen molar-refractivity contribution in [1.82, 2.24) is 5.32 Å². The fraction of sp³-hybridized carbons (Fsp3) is 0.562. The number of carbonyl (C=O) groups excluding carboxylic acids is 1. The standard InChI is InChI=1S/C16H24N2O2/c1-11(2)15(17)16(19)18-10-12-6-3-4-9-14(12)20-13-7-5-8-13/h3-4,6,9,11,13,15H,5,7-8,10,17H2,1-2H3,(H,18,19)/t15-/m0/s1. The molecule has 1 aliphatic rings. The number of nitrogens with one attached hydrogen (secondary N) is 1. The Bertz CT molecular complexity index is 456. The van der Waals surface area contributed by atoms with Crippen molar-refractivity contribution in [3.05, 3.63) is 29.8 Å². The average molecular weight is 276 g/mol. The first kappa shape index (κ1) is 14.9. The summed E-state index contributed by atoms with van der Waals surface area (Å²) in [6.07, 6.45) is 3.83. The molecule has 3 N–H and O–H groups in total. The van der Waals surface area contributed by atoms with Crippen LogP contribution in [0.5, 0.6) is 5.75 Å². The van der Waals surface area contributed by atoms with Crippen LogP contribution in [0.3, 0.4) is 0 Å². The molecule has 1 fully saturated rings. The molecule has 0 unspecified atom stereocenters. The Labute approximate surface area is 120 Å². The summed E-state index contributed by atoms with van der Waals surface area (Å²) in [5.41, 5.74) is 6.83. The number of para-hydroxylation sites is 1. The van der Waals surface area contributed by atoms with E-state index in [1.807, 2.05) is 38.1 Å². The Morgan fingerprint density at radius 1 is 1.40 bits per heavy atom. The molecule has 1 saturated carbocycles. The highest BCUT2D eigenvalue weighted by atomic mass is 16.5. The lowest BCUT2D eigenvalue weighted by molar-refractivity contribution is -0.123. The summed E-state index contributed by atoms with van der Waals surface area (Å²) in [5.74, 6) is 0.894. The van der Waals surface area contributed by atoms with E-state index in [1.165, 1.54) is 6.42 Å². The van der Waals surface area contributed by atoms with Gasteiger partial charge in [0.15, 0.2) is 0 Å². The fourth-order valence-electron chi connectivity index (χ4n) is 2.04. The lowest BCUT2D eigenvalue weighted by Gasteiger charge is -2.27. The topological polar surface area (TPSA) is 64.4 Å². The van der Waals surface area contributed by atoms with Gasteiger partial charge in [0.25, 0.3) is 0 Å². The zero-order valence-electron chi connectivity index (χ0n) is 12.3. The summed E-state index contributed by atoms with van der Waals surface area (Å²) in [6, 6.07) is 7.39.